The monoisotopic (exact) mass is 624 g/mol. The fourth-order valence-corrected chi connectivity index (χ4v) is 12.0. The Bertz CT molecular complexity index is 1390. The molecule has 45 heavy (non-hydrogen) atoms. The SMILES string of the molecule is CCCCC(C)[C@H](/C=C/[C@@H]1[C@H]2CC(=O)O[C@H]2C[C@H]1OC(=O)c1ccccc1)O[Si](c1ccccc1)(c1ccccc1)C(C)(C)C. The number of hydrogen-bond donors (Lipinski definition) is 0. The van der Waals surface area contributed by atoms with Gasteiger partial charge < -0.3 is 13.9 Å². The van der Waals surface area contributed by atoms with E-state index in [1.807, 2.05) is 18.2 Å². The minimum absolute atomic E-state index is 0.0261. The van der Waals surface area contributed by atoms with Crippen molar-refractivity contribution < 1.29 is 23.5 Å². The van der Waals surface area contributed by atoms with E-state index < -0.39 is 8.32 Å². The van der Waals surface area contributed by atoms with Crippen molar-refractivity contribution in [2.24, 2.45) is 17.8 Å². The molecule has 0 radical (unpaired) electrons. The van der Waals surface area contributed by atoms with Crippen LogP contribution in [0.5, 0.6) is 0 Å². The normalized spacial score (nSPS) is 23.0. The molecule has 1 aliphatic heterocycles. The predicted octanol–water partition coefficient (Wildman–Crippen LogP) is 7.49. The molecule has 1 heterocycles. The summed E-state index contributed by atoms with van der Waals surface area (Å²) in [6.45, 7) is 11.4. The maximum absolute atomic E-state index is 13.1. The van der Waals surface area contributed by atoms with E-state index >= 15 is 0 Å². The van der Waals surface area contributed by atoms with Gasteiger partial charge in [0, 0.05) is 18.3 Å². The molecular formula is C39H48O5Si. The molecule has 1 saturated heterocycles. The molecule has 2 fully saturated rings. The molecule has 0 aromatic heterocycles. The van der Waals surface area contributed by atoms with Gasteiger partial charge in [0.15, 0.2) is 0 Å². The van der Waals surface area contributed by atoms with Gasteiger partial charge >= 0.3 is 11.9 Å². The average Bonchev–Trinajstić information content (AvgIpc) is 3.55. The fraction of sp³-hybridized carbons (Fsp3) is 0.436. The fourth-order valence-electron chi connectivity index (χ4n) is 7.24. The second kappa shape index (κ2) is 14.3. The van der Waals surface area contributed by atoms with Crippen molar-refractivity contribution in [3.8, 4) is 0 Å². The zero-order valence-corrected chi connectivity index (χ0v) is 28.4. The Kier molecular flexibility index (Phi) is 10.5. The van der Waals surface area contributed by atoms with Crippen molar-refractivity contribution in [3.63, 3.8) is 0 Å². The van der Waals surface area contributed by atoms with Gasteiger partial charge in [-0.05, 0) is 39.9 Å². The third-order valence-electron chi connectivity index (χ3n) is 9.65. The summed E-state index contributed by atoms with van der Waals surface area (Å²) in [6.07, 6.45) is 7.72. The molecule has 6 heteroatoms. The van der Waals surface area contributed by atoms with Gasteiger partial charge in [-0.3, -0.25) is 4.79 Å². The van der Waals surface area contributed by atoms with Crippen molar-refractivity contribution in [1.82, 2.24) is 0 Å². The average molecular weight is 625 g/mol. The lowest BCUT2D eigenvalue weighted by molar-refractivity contribution is -0.141. The third kappa shape index (κ3) is 7.18. The molecule has 1 unspecified atom stereocenters. The molecule has 3 aromatic carbocycles. The highest BCUT2D eigenvalue weighted by molar-refractivity contribution is 6.99. The van der Waals surface area contributed by atoms with Crippen molar-refractivity contribution in [2.45, 2.75) is 90.1 Å². The summed E-state index contributed by atoms with van der Waals surface area (Å²) in [6, 6.07) is 30.6. The molecule has 3 aromatic rings. The van der Waals surface area contributed by atoms with Gasteiger partial charge in [-0.1, -0.05) is 138 Å². The van der Waals surface area contributed by atoms with E-state index in [1.54, 1.807) is 12.1 Å². The van der Waals surface area contributed by atoms with Crippen LogP contribution in [-0.4, -0.2) is 38.6 Å². The molecule has 238 valence electrons. The Morgan fingerprint density at radius 2 is 1.53 bits per heavy atom. The number of rotatable bonds is 12. The Balaban J connectivity index is 1.53. The molecular weight excluding hydrogens is 577 g/mol. The standard InChI is InChI=1S/C39H48O5Si/c1-6-7-17-28(2)34(44-45(39(3,4)5,30-20-13-9-14-21-30)31-22-15-10-16-23-31)25-24-32-33-26-37(40)42-36(33)27-35(32)43-38(41)29-18-11-8-12-19-29/h8-16,18-25,28,32-36H,6-7,17,26-27H2,1-5H3/b25-24+/t28?,32-,33-,34+,35-,36+/m1/s1. The maximum Gasteiger partial charge on any atom is 0.338 e. The summed E-state index contributed by atoms with van der Waals surface area (Å²) in [4.78, 5) is 25.5. The Labute approximate surface area is 270 Å². The number of unbranched alkanes of at least 4 members (excludes halogenated alkanes) is 1. The van der Waals surface area contributed by atoms with Crippen LogP contribution in [0.25, 0.3) is 0 Å². The topological polar surface area (TPSA) is 61.8 Å². The van der Waals surface area contributed by atoms with E-state index in [0.29, 0.717) is 18.4 Å². The first kappa shape index (κ1) is 32.9. The third-order valence-corrected chi connectivity index (χ3v) is 14.7. The van der Waals surface area contributed by atoms with Crippen LogP contribution in [0.15, 0.2) is 103 Å². The second-order valence-electron chi connectivity index (χ2n) is 13.8. The summed E-state index contributed by atoms with van der Waals surface area (Å²) < 4.78 is 19.5. The summed E-state index contributed by atoms with van der Waals surface area (Å²) in [5.74, 6) is -0.430. The summed E-state index contributed by atoms with van der Waals surface area (Å²) >= 11 is 0. The van der Waals surface area contributed by atoms with Gasteiger partial charge in [0.05, 0.1) is 18.1 Å². The molecule has 1 saturated carbocycles. The first-order chi connectivity index (χ1) is 21.6. The van der Waals surface area contributed by atoms with Gasteiger partial charge in [0.2, 0.25) is 0 Å². The van der Waals surface area contributed by atoms with Gasteiger partial charge in [0.25, 0.3) is 8.32 Å². The van der Waals surface area contributed by atoms with E-state index in [2.05, 4.69) is 107 Å². The van der Waals surface area contributed by atoms with Crippen molar-refractivity contribution in [3.05, 3.63) is 109 Å². The highest BCUT2D eigenvalue weighted by atomic mass is 28.4. The van der Waals surface area contributed by atoms with Crippen LogP contribution in [-0.2, 0) is 18.7 Å². The number of ether oxygens (including phenoxy) is 2. The van der Waals surface area contributed by atoms with Crippen LogP contribution in [0.1, 0.15) is 77.1 Å². The lowest BCUT2D eigenvalue weighted by atomic mass is 9.90. The van der Waals surface area contributed by atoms with Gasteiger partial charge in [-0.15, -0.1) is 0 Å². The zero-order chi connectivity index (χ0) is 32.0. The Morgan fingerprint density at radius 1 is 0.956 bits per heavy atom. The van der Waals surface area contributed by atoms with Crippen LogP contribution >= 0.6 is 0 Å². The van der Waals surface area contributed by atoms with E-state index in [-0.39, 0.29) is 53.0 Å². The lowest BCUT2D eigenvalue weighted by Crippen LogP contribution is -2.68. The summed E-state index contributed by atoms with van der Waals surface area (Å²) in [5.41, 5.74) is 0.523. The number of carbonyl (C=O) groups excluding carboxylic acids is 2. The molecule has 5 rings (SSSR count). The Morgan fingerprint density at radius 3 is 2.09 bits per heavy atom. The molecule has 0 spiro atoms. The largest absolute Gasteiger partial charge is 0.462 e. The number of esters is 2. The van der Waals surface area contributed by atoms with Crippen LogP contribution in [0, 0.1) is 17.8 Å². The molecule has 0 amide bonds. The number of benzene rings is 3. The maximum atomic E-state index is 13.1. The molecule has 5 nitrogen and oxygen atoms in total. The second-order valence-corrected chi connectivity index (χ2v) is 18.0. The highest BCUT2D eigenvalue weighted by Gasteiger charge is 2.53. The van der Waals surface area contributed by atoms with Crippen LogP contribution in [0.3, 0.4) is 0 Å². The van der Waals surface area contributed by atoms with Gasteiger partial charge in [0.1, 0.15) is 12.2 Å². The molecule has 6 atom stereocenters. The summed E-state index contributed by atoms with van der Waals surface area (Å²) in [5, 5.41) is 2.33. The lowest BCUT2D eigenvalue weighted by Gasteiger charge is -2.46. The smallest absolute Gasteiger partial charge is 0.338 e. The molecule has 0 bridgehead atoms. The predicted molar refractivity (Wildman–Crippen MR) is 182 cm³/mol. The molecule has 2 aliphatic rings. The zero-order valence-electron chi connectivity index (χ0n) is 27.4. The van der Waals surface area contributed by atoms with Crippen molar-refractivity contribution >= 4 is 30.6 Å². The number of carbonyl (C=O) groups is 2. The van der Waals surface area contributed by atoms with Crippen LogP contribution < -0.4 is 10.4 Å². The molecule has 0 N–H and O–H groups in total. The molecule has 1 aliphatic carbocycles. The van der Waals surface area contributed by atoms with E-state index in [0.717, 1.165) is 19.3 Å². The van der Waals surface area contributed by atoms with Crippen LogP contribution in [0.2, 0.25) is 5.04 Å². The van der Waals surface area contributed by atoms with Crippen molar-refractivity contribution in [2.75, 3.05) is 0 Å². The van der Waals surface area contributed by atoms with E-state index in [9.17, 15) is 9.59 Å². The minimum Gasteiger partial charge on any atom is -0.462 e. The minimum atomic E-state index is -2.83. The van der Waals surface area contributed by atoms with Gasteiger partial charge in [-0.25, -0.2) is 4.79 Å². The van der Waals surface area contributed by atoms with Crippen LogP contribution in [0.4, 0.5) is 0 Å². The highest BCUT2D eigenvalue weighted by Crippen LogP contribution is 2.44. The quantitative estimate of drug-likeness (QED) is 0.119. The number of fused-ring (bicyclic) bond motifs is 1. The summed E-state index contributed by atoms with van der Waals surface area (Å²) in [7, 11) is -2.83. The van der Waals surface area contributed by atoms with Crippen molar-refractivity contribution in [1.29, 1.82) is 0 Å². The first-order valence-electron chi connectivity index (χ1n) is 16.6. The van der Waals surface area contributed by atoms with E-state index in [4.69, 9.17) is 13.9 Å². The number of hydrogen-bond acceptors (Lipinski definition) is 5. The van der Waals surface area contributed by atoms with Gasteiger partial charge in [-0.2, -0.15) is 0 Å². The Hall–Kier alpha value is -3.48. The van der Waals surface area contributed by atoms with E-state index in [1.165, 1.54) is 10.4 Å². The first-order valence-corrected chi connectivity index (χ1v) is 18.5.